The molecule has 17 heavy (non-hydrogen) atoms. The molecule has 0 fully saturated rings. The molecule has 1 rings (SSSR count). The van der Waals surface area contributed by atoms with Gasteiger partial charge in [0.1, 0.15) is 0 Å². The first-order valence-electron chi connectivity index (χ1n) is 6.75. The van der Waals surface area contributed by atoms with Crippen LogP contribution in [0.25, 0.3) is 0 Å². The van der Waals surface area contributed by atoms with Crippen LogP contribution < -0.4 is 0 Å². The molecule has 0 aliphatic heterocycles. The monoisotopic (exact) mass is 256 g/mol. The number of aliphatic hydroxyl groups is 1. The minimum Gasteiger partial charge on any atom is -0.411 e. The lowest BCUT2D eigenvalue weighted by atomic mass is 10.0. The summed E-state index contributed by atoms with van der Waals surface area (Å²) in [6.45, 7) is 11.2. The largest absolute Gasteiger partial charge is 0.411 e. The van der Waals surface area contributed by atoms with Gasteiger partial charge >= 0.3 is 0 Å². The standard InChI is InChI=1S/C14H28O2Si/c1-14(2,3)17(4,5)16-13-11-9-7-6-8-10-12(13)15/h6-7,12-13,15H,8-11H2,1-5H3/t12-,13+/m0/s1. The number of aliphatic hydroxyl groups excluding tert-OH is 1. The molecule has 0 saturated heterocycles. The Bertz CT molecular complexity index is 266. The summed E-state index contributed by atoms with van der Waals surface area (Å²) in [4.78, 5) is 0. The molecule has 0 aromatic carbocycles. The van der Waals surface area contributed by atoms with Gasteiger partial charge in [-0.15, -0.1) is 0 Å². The molecule has 0 heterocycles. The average Bonchev–Trinajstić information content (AvgIpc) is 2.16. The zero-order valence-electron chi connectivity index (χ0n) is 12.0. The topological polar surface area (TPSA) is 29.5 Å². The van der Waals surface area contributed by atoms with Gasteiger partial charge in [-0.3, -0.25) is 0 Å². The molecule has 0 radical (unpaired) electrons. The summed E-state index contributed by atoms with van der Waals surface area (Å²) in [5.41, 5.74) is 0. The SMILES string of the molecule is CC(C)(C)[Si](C)(C)O[C@@H]1CCC=CCC[C@@H]1O. The van der Waals surface area contributed by atoms with Crippen molar-refractivity contribution in [2.75, 3.05) is 0 Å². The summed E-state index contributed by atoms with van der Waals surface area (Å²) in [5, 5.41) is 10.4. The molecule has 0 aromatic rings. The lowest BCUT2D eigenvalue weighted by Crippen LogP contribution is -2.47. The highest BCUT2D eigenvalue weighted by Crippen LogP contribution is 2.38. The molecule has 2 nitrogen and oxygen atoms in total. The Morgan fingerprint density at radius 3 is 2.18 bits per heavy atom. The summed E-state index contributed by atoms with van der Waals surface area (Å²) < 4.78 is 6.35. The number of rotatable bonds is 2. The highest BCUT2D eigenvalue weighted by Gasteiger charge is 2.40. The molecule has 0 bridgehead atoms. The van der Waals surface area contributed by atoms with Gasteiger partial charge in [-0.05, 0) is 43.8 Å². The molecule has 0 amide bonds. The number of hydrogen-bond acceptors (Lipinski definition) is 2. The quantitative estimate of drug-likeness (QED) is 0.600. The Morgan fingerprint density at radius 1 is 1.12 bits per heavy atom. The van der Waals surface area contributed by atoms with Gasteiger partial charge in [-0.1, -0.05) is 32.9 Å². The van der Waals surface area contributed by atoms with E-state index in [1.807, 2.05) is 0 Å². The second-order valence-corrected chi connectivity index (χ2v) is 11.4. The van der Waals surface area contributed by atoms with Gasteiger partial charge in [-0.2, -0.15) is 0 Å². The molecule has 0 spiro atoms. The van der Waals surface area contributed by atoms with E-state index in [1.54, 1.807) is 0 Å². The fourth-order valence-electron chi connectivity index (χ4n) is 1.83. The van der Waals surface area contributed by atoms with E-state index in [4.69, 9.17) is 4.43 Å². The summed E-state index contributed by atoms with van der Waals surface area (Å²) in [5.74, 6) is 0. The van der Waals surface area contributed by atoms with Crippen molar-refractivity contribution >= 4 is 8.32 Å². The van der Waals surface area contributed by atoms with Crippen LogP contribution in [0.3, 0.4) is 0 Å². The van der Waals surface area contributed by atoms with Crippen LogP contribution in [0.4, 0.5) is 0 Å². The van der Waals surface area contributed by atoms with Crippen molar-refractivity contribution in [1.82, 2.24) is 0 Å². The van der Waals surface area contributed by atoms with Crippen LogP contribution in [0.1, 0.15) is 46.5 Å². The summed E-state index contributed by atoms with van der Waals surface area (Å²) >= 11 is 0. The van der Waals surface area contributed by atoms with E-state index in [2.05, 4.69) is 46.0 Å². The third-order valence-electron chi connectivity index (χ3n) is 4.09. The van der Waals surface area contributed by atoms with Gasteiger partial charge in [0.2, 0.25) is 0 Å². The summed E-state index contributed by atoms with van der Waals surface area (Å²) in [6, 6.07) is 0. The maximum absolute atomic E-state index is 10.2. The van der Waals surface area contributed by atoms with Crippen LogP contribution in [0.5, 0.6) is 0 Å². The first-order chi connectivity index (χ1) is 7.74. The summed E-state index contributed by atoms with van der Waals surface area (Å²) in [6.07, 6.45) is 7.89. The second-order valence-electron chi connectivity index (χ2n) is 6.61. The average molecular weight is 256 g/mol. The van der Waals surface area contributed by atoms with E-state index in [1.165, 1.54) is 0 Å². The fraction of sp³-hybridized carbons (Fsp3) is 0.857. The van der Waals surface area contributed by atoms with Gasteiger partial charge < -0.3 is 9.53 Å². The molecular formula is C14H28O2Si. The normalized spacial score (nSPS) is 27.6. The van der Waals surface area contributed by atoms with Crippen molar-refractivity contribution in [3.8, 4) is 0 Å². The second kappa shape index (κ2) is 5.68. The van der Waals surface area contributed by atoms with Crippen LogP contribution >= 0.6 is 0 Å². The van der Waals surface area contributed by atoms with Crippen LogP contribution in [-0.2, 0) is 4.43 Å². The highest BCUT2D eigenvalue weighted by molar-refractivity contribution is 6.74. The van der Waals surface area contributed by atoms with E-state index in [-0.39, 0.29) is 17.2 Å². The molecule has 0 saturated carbocycles. The van der Waals surface area contributed by atoms with Gasteiger partial charge in [0.25, 0.3) is 0 Å². The van der Waals surface area contributed by atoms with Crippen LogP contribution in [-0.4, -0.2) is 25.6 Å². The molecule has 100 valence electrons. The maximum Gasteiger partial charge on any atom is 0.192 e. The predicted molar refractivity (Wildman–Crippen MR) is 75.7 cm³/mol. The molecule has 3 heteroatoms. The fourth-order valence-corrected chi connectivity index (χ4v) is 3.22. The van der Waals surface area contributed by atoms with Crippen molar-refractivity contribution in [3.63, 3.8) is 0 Å². The third-order valence-corrected chi connectivity index (χ3v) is 8.60. The Kier molecular flexibility index (Phi) is 4.99. The Hall–Kier alpha value is -0.123. The Balaban J connectivity index is 2.68. The Labute approximate surface area is 107 Å². The summed E-state index contributed by atoms with van der Waals surface area (Å²) in [7, 11) is -1.76. The van der Waals surface area contributed by atoms with Crippen molar-refractivity contribution in [3.05, 3.63) is 12.2 Å². The predicted octanol–water partition coefficient (Wildman–Crippen LogP) is 3.87. The van der Waals surface area contributed by atoms with Gasteiger partial charge in [-0.25, -0.2) is 0 Å². The molecule has 1 N–H and O–H groups in total. The minimum absolute atomic E-state index is 0.0286. The van der Waals surface area contributed by atoms with E-state index >= 15 is 0 Å². The Morgan fingerprint density at radius 2 is 1.65 bits per heavy atom. The highest BCUT2D eigenvalue weighted by atomic mass is 28.4. The van der Waals surface area contributed by atoms with Crippen molar-refractivity contribution in [2.24, 2.45) is 0 Å². The van der Waals surface area contributed by atoms with Crippen LogP contribution in [0.2, 0.25) is 18.1 Å². The van der Waals surface area contributed by atoms with Crippen LogP contribution in [0.15, 0.2) is 12.2 Å². The third kappa shape index (κ3) is 4.23. The van der Waals surface area contributed by atoms with Crippen LogP contribution in [0, 0.1) is 0 Å². The minimum atomic E-state index is -1.76. The van der Waals surface area contributed by atoms with Crippen molar-refractivity contribution in [2.45, 2.75) is 76.8 Å². The zero-order valence-corrected chi connectivity index (χ0v) is 13.0. The molecular weight excluding hydrogens is 228 g/mol. The van der Waals surface area contributed by atoms with Gasteiger partial charge in [0, 0.05) is 0 Å². The molecule has 0 unspecified atom stereocenters. The lowest BCUT2D eigenvalue weighted by molar-refractivity contribution is 0.0178. The van der Waals surface area contributed by atoms with Crippen molar-refractivity contribution in [1.29, 1.82) is 0 Å². The van der Waals surface area contributed by atoms with Gasteiger partial charge in [0.15, 0.2) is 8.32 Å². The smallest absolute Gasteiger partial charge is 0.192 e. The van der Waals surface area contributed by atoms with E-state index in [9.17, 15) is 5.11 Å². The maximum atomic E-state index is 10.2. The van der Waals surface area contributed by atoms with Gasteiger partial charge in [0.05, 0.1) is 12.2 Å². The van der Waals surface area contributed by atoms with Crippen molar-refractivity contribution < 1.29 is 9.53 Å². The molecule has 1 aliphatic carbocycles. The zero-order chi connectivity index (χ0) is 13.1. The van der Waals surface area contributed by atoms with E-state index in [0.29, 0.717) is 0 Å². The van der Waals surface area contributed by atoms with E-state index in [0.717, 1.165) is 25.7 Å². The first kappa shape index (κ1) is 14.9. The first-order valence-corrected chi connectivity index (χ1v) is 9.66. The molecule has 1 aliphatic rings. The lowest BCUT2D eigenvalue weighted by Gasteiger charge is -2.40. The van der Waals surface area contributed by atoms with E-state index < -0.39 is 8.32 Å². The molecule has 2 atom stereocenters. The molecule has 0 aromatic heterocycles. The number of hydrogen-bond donors (Lipinski definition) is 1. The number of allylic oxidation sites excluding steroid dienone is 2.